The Morgan fingerprint density at radius 2 is 1.82 bits per heavy atom. The van der Waals surface area contributed by atoms with Crippen LogP contribution in [0, 0.1) is 0 Å². The van der Waals surface area contributed by atoms with Gasteiger partial charge in [0, 0.05) is 25.7 Å². The van der Waals surface area contributed by atoms with Crippen molar-refractivity contribution in [3.05, 3.63) is 54.1 Å². The zero-order valence-corrected chi connectivity index (χ0v) is 18.6. The summed E-state index contributed by atoms with van der Waals surface area (Å²) in [6.45, 7) is 3.80. The van der Waals surface area contributed by atoms with Crippen LogP contribution in [0.1, 0.15) is 18.9 Å². The summed E-state index contributed by atoms with van der Waals surface area (Å²) in [5, 5.41) is 17.6. The van der Waals surface area contributed by atoms with Crippen LogP contribution in [0.2, 0.25) is 0 Å². The third-order valence-corrected chi connectivity index (χ3v) is 6.29. The van der Waals surface area contributed by atoms with Gasteiger partial charge in [-0.15, -0.1) is 5.10 Å². The van der Waals surface area contributed by atoms with Crippen LogP contribution in [0.3, 0.4) is 0 Å². The first-order valence-corrected chi connectivity index (χ1v) is 11.1. The fourth-order valence-electron chi connectivity index (χ4n) is 4.67. The number of rotatable bonds is 6. The second-order valence-corrected chi connectivity index (χ2v) is 8.36. The van der Waals surface area contributed by atoms with E-state index in [2.05, 4.69) is 55.1 Å². The molecule has 3 heterocycles. The van der Waals surface area contributed by atoms with Gasteiger partial charge in [0.2, 0.25) is 0 Å². The lowest BCUT2D eigenvalue weighted by Gasteiger charge is -2.41. The Kier molecular flexibility index (Phi) is 5.61. The molecule has 2 N–H and O–H groups in total. The number of hydrogen-bond donors (Lipinski definition) is 2. The van der Waals surface area contributed by atoms with Gasteiger partial charge in [0.05, 0.1) is 6.67 Å². The zero-order chi connectivity index (χ0) is 22.9. The molecule has 0 spiro atoms. The fraction of sp³-hybridized carbons (Fsp3) is 0.348. The SMILES string of the molecule is CCCN1C(=O)N(C)C(=O)C2C1NCN2Cc1ccc(-c2ccccc2-c2nnn[nH]2)cc1. The Balaban J connectivity index is 1.36. The Morgan fingerprint density at radius 3 is 2.52 bits per heavy atom. The molecule has 33 heavy (non-hydrogen) atoms. The van der Waals surface area contributed by atoms with Crippen molar-refractivity contribution in [2.24, 2.45) is 0 Å². The van der Waals surface area contributed by atoms with E-state index in [0.29, 0.717) is 25.6 Å². The maximum Gasteiger partial charge on any atom is 0.327 e. The van der Waals surface area contributed by atoms with Gasteiger partial charge in [0.15, 0.2) is 5.82 Å². The van der Waals surface area contributed by atoms with Gasteiger partial charge in [-0.25, -0.2) is 9.89 Å². The summed E-state index contributed by atoms with van der Waals surface area (Å²) in [6.07, 6.45) is 0.550. The maximum atomic E-state index is 12.9. The third-order valence-electron chi connectivity index (χ3n) is 6.29. The van der Waals surface area contributed by atoms with E-state index in [1.54, 1.807) is 11.9 Å². The lowest BCUT2D eigenvalue weighted by atomic mass is 9.98. The number of benzene rings is 2. The van der Waals surface area contributed by atoms with Crippen molar-refractivity contribution in [1.29, 1.82) is 0 Å². The highest BCUT2D eigenvalue weighted by Crippen LogP contribution is 2.30. The molecule has 3 amide bonds. The smallest absolute Gasteiger partial charge is 0.307 e. The summed E-state index contributed by atoms with van der Waals surface area (Å²) in [6, 6.07) is 15.6. The van der Waals surface area contributed by atoms with Crippen molar-refractivity contribution in [1.82, 2.24) is 40.6 Å². The largest absolute Gasteiger partial charge is 0.327 e. The van der Waals surface area contributed by atoms with Gasteiger partial charge in [0.25, 0.3) is 5.91 Å². The van der Waals surface area contributed by atoms with Gasteiger partial charge < -0.3 is 4.90 Å². The minimum atomic E-state index is -0.390. The fourth-order valence-corrected chi connectivity index (χ4v) is 4.67. The summed E-state index contributed by atoms with van der Waals surface area (Å²) in [7, 11) is 1.57. The van der Waals surface area contributed by atoms with Crippen molar-refractivity contribution >= 4 is 11.9 Å². The van der Waals surface area contributed by atoms with E-state index in [4.69, 9.17) is 0 Å². The molecule has 5 rings (SSSR count). The predicted molar refractivity (Wildman–Crippen MR) is 121 cm³/mol. The molecule has 3 aromatic rings. The van der Waals surface area contributed by atoms with Crippen LogP contribution in [-0.2, 0) is 11.3 Å². The maximum absolute atomic E-state index is 12.9. The molecule has 2 fully saturated rings. The minimum Gasteiger partial charge on any atom is -0.307 e. The van der Waals surface area contributed by atoms with E-state index in [1.165, 1.54) is 4.90 Å². The number of hydrogen-bond acceptors (Lipinski definition) is 7. The topological polar surface area (TPSA) is 110 Å². The molecule has 2 aromatic carbocycles. The molecule has 0 saturated carbocycles. The van der Waals surface area contributed by atoms with Gasteiger partial charge in [-0.2, -0.15) is 0 Å². The first kappa shape index (κ1) is 21.2. The second kappa shape index (κ2) is 8.72. The van der Waals surface area contributed by atoms with Crippen molar-refractivity contribution in [2.45, 2.75) is 32.1 Å². The number of fused-ring (bicyclic) bond motifs is 1. The molecule has 2 aliphatic rings. The van der Waals surface area contributed by atoms with E-state index in [0.717, 1.165) is 28.7 Å². The molecule has 0 bridgehead atoms. The lowest BCUT2D eigenvalue weighted by molar-refractivity contribution is -0.137. The number of amides is 3. The first-order valence-electron chi connectivity index (χ1n) is 11.1. The number of nitrogens with one attached hydrogen (secondary N) is 2. The third kappa shape index (κ3) is 3.77. The summed E-state index contributed by atoms with van der Waals surface area (Å²) < 4.78 is 0. The van der Waals surface area contributed by atoms with E-state index >= 15 is 0 Å². The summed E-state index contributed by atoms with van der Waals surface area (Å²) >= 11 is 0. The average Bonchev–Trinajstić information content (AvgIpc) is 3.52. The summed E-state index contributed by atoms with van der Waals surface area (Å²) in [4.78, 5) is 30.6. The van der Waals surface area contributed by atoms with Gasteiger partial charge >= 0.3 is 6.03 Å². The number of likely N-dealkylation sites (N-methyl/N-ethyl adjacent to an activating group) is 1. The highest BCUT2D eigenvalue weighted by atomic mass is 16.2. The van der Waals surface area contributed by atoms with Gasteiger partial charge in [-0.3, -0.25) is 19.9 Å². The van der Waals surface area contributed by atoms with Crippen LogP contribution >= 0.6 is 0 Å². The molecule has 10 nitrogen and oxygen atoms in total. The van der Waals surface area contributed by atoms with Crippen molar-refractivity contribution in [3.8, 4) is 22.5 Å². The van der Waals surface area contributed by atoms with Crippen LogP contribution < -0.4 is 5.32 Å². The molecule has 2 aliphatic heterocycles. The monoisotopic (exact) mass is 446 g/mol. The van der Waals surface area contributed by atoms with Crippen LogP contribution in [0.5, 0.6) is 0 Å². The zero-order valence-electron chi connectivity index (χ0n) is 18.6. The van der Waals surface area contributed by atoms with E-state index < -0.39 is 6.04 Å². The van der Waals surface area contributed by atoms with E-state index in [9.17, 15) is 9.59 Å². The molecule has 10 heteroatoms. The van der Waals surface area contributed by atoms with Gasteiger partial charge in [0.1, 0.15) is 12.2 Å². The van der Waals surface area contributed by atoms with Crippen molar-refractivity contribution in [2.75, 3.05) is 20.3 Å². The van der Waals surface area contributed by atoms with Crippen molar-refractivity contribution in [3.63, 3.8) is 0 Å². The highest BCUT2D eigenvalue weighted by molar-refractivity contribution is 6.00. The quantitative estimate of drug-likeness (QED) is 0.595. The van der Waals surface area contributed by atoms with Crippen LogP contribution in [0.4, 0.5) is 4.79 Å². The molecule has 2 atom stereocenters. The number of urea groups is 1. The number of nitrogens with zero attached hydrogens (tertiary/aromatic N) is 6. The molecule has 0 radical (unpaired) electrons. The van der Waals surface area contributed by atoms with E-state index in [1.807, 2.05) is 31.2 Å². The molecule has 170 valence electrons. The van der Waals surface area contributed by atoms with Crippen LogP contribution in [0.25, 0.3) is 22.5 Å². The number of carbonyl (C=O) groups is 2. The standard InChI is InChI=1S/C23H26N8O2/c1-3-12-31-21-19(22(32)29(2)23(31)33)30(14-24-21)13-15-8-10-16(11-9-15)17-6-4-5-7-18(17)20-25-27-28-26-20/h4-11,19,21,24H,3,12-14H2,1-2H3,(H,25,26,27,28). The number of carbonyl (C=O) groups excluding carboxylic acids is 2. The Morgan fingerprint density at radius 1 is 1.06 bits per heavy atom. The Hall–Kier alpha value is -3.63. The minimum absolute atomic E-state index is 0.159. The summed E-state index contributed by atoms with van der Waals surface area (Å²) in [5.74, 6) is 0.462. The number of aromatic nitrogens is 4. The van der Waals surface area contributed by atoms with Crippen molar-refractivity contribution < 1.29 is 9.59 Å². The normalized spacial score (nSPS) is 21.0. The number of H-pyrrole nitrogens is 1. The molecular weight excluding hydrogens is 420 g/mol. The summed E-state index contributed by atoms with van der Waals surface area (Å²) in [5.41, 5.74) is 4.10. The molecular formula is C23H26N8O2. The number of imide groups is 1. The lowest BCUT2D eigenvalue weighted by Crippen LogP contribution is -2.66. The van der Waals surface area contributed by atoms with Gasteiger partial charge in [-0.1, -0.05) is 55.5 Å². The highest BCUT2D eigenvalue weighted by Gasteiger charge is 2.50. The van der Waals surface area contributed by atoms with E-state index in [-0.39, 0.29) is 18.1 Å². The second-order valence-electron chi connectivity index (χ2n) is 8.36. The molecule has 0 aliphatic carbocycles. The number of tetrazole rings is 1. The molecule has 2 unspecified atom stereocenters. The van der Waals surface area contributed by atoms with Crippen LogP contribution in [-0.4, -0.2) is 79.7 Å². The average molecular weight is 447 g/mol. The molecule has 1 aromatic heterocycles. The predicted octanol–water partition coefficient (Wildman–Crippen LogP) is 1.90. The molecule has 2 saturated heterocycles. The number of aromatic amines is 1. The first-order chi connectivity index (χ1) is 16.1. The Bertz CT molecular complexity index is 1150. The Labute approximate surface area is 191 Å². The van der Waals surface area contributed by atoms with Crippen LogP contribution in [0.15, 0.2) is 48.5 Å². The van der Waals surface area contributed by atoms with Gasteiger partial charge in [-0.05, 0) is 33.5 Å².